The second kappa shape index (κ2) is 69.3. The van der Waals surface area contributed by atoms with Gasteiger partial charge in [-0.1, -0.05) is 332 Å². The molecule has 6 heteroatoms. The van der Waals surface area contributed by atoms with Gasteiger partial charge in [-0.3, -0.25) is 9.59 Å². The zero-order valence-corrected chi connectivity index (χ0v) is 53.8. The van der Waals surface area contributed by atoms with Gasteiger partial charge in [-0.15, -0.1) is 0 Å². The third kappa shape index (κ3) is 65.0. The fourth-order valence-corrected chi connectivity index (χ4v) is 11.1. The molecular formula is C74H139NO5. The molecule has 0 aliphatic carbocycles. The van der Waals surface area contributed by atoms with Gasteiger partial charge in [0.2, 0.25) is 5.91 Å². The van der Waals surface area contributed by atoms with Gasteiger partial charge in [0, 0.05) is 12.8 Å². The summed E-state index contributed by atoms with van der Waals surface area (Å²) in [6, 6.07) is -0.634. The molecule has 0 aromatic rings. The van der Waals surface area contributed by atoms with Gasteiger partial charge >= 0.3 is 5.97 Å². The van der Waals surface area contributed by atoms with Crippen molar-refractivity contribution in [1.29, 1.82) is 0 Å². The first kappa shape index (κ1) is 77.8. The molecule has 3 N–H and O–H groups in total. The topological polar surface area (TPSA) is 95.9 Å². The Morgan fingerprint density at radius 2 is 0.625 bits per heavy atom. The Bertz CT molecular complexity index is 1340. The van der Waals surface area contributed by atoms with E-state index in [1.54, 1.807) is 6.08 Å². The van der Waals surface area contributed by atoms with Crippen molar-refractivity contribution in [2.75, 3.05) is 13.2 Å². The first-order valence-electron chi connectivity index (χ1n) is 35.9. The Morgan fingerprint density at radius 1 is 0.350 bits per heavy atom. The summed E-state index contributed by atoms with van der Waals surface area (Å²) in [6.45, 7) is 4.92. The molecule has 80 heavy (non-hydrogen) atoms. The van der Waals surface area contributed by atoms with Crippen molar-refractivity contribution in [2.45, 2.75) is 398 Å². The van der Waals surface area contributed by atoms with Crippen LogP contribution in [0.25, 0.3) is 0 Å². The number of allylic oxidation sites excluding steroid dienone is 7. The minimum absolute atomic E-state index is 0.00596. The van der Waals surface area contributed by atoms with Crippen molar-refractivity contribution in [3.8, 4) is 0 Å². The molecule has 0 saturated heterocycles. The number of aliphatic hydroxyl groups is 2. The number of aliphatic hydroxyl groups excluding tert-OH is 2. The Morgan fingerprint density at radius 3 is 0.963 bits per heavy atom. The fourth-order valence-electron chi connectivity index (χ4n) is 11.1. The summed E-state index contributed by atoms with van der Waals surface area (Å²) < 4.78 is 5.50. The van der Waals surface area contributed by atoms with E-state index < -0.39 is 12.1 Å². The molecule has 0 saturated carbocycles. The highest BCUT2D eigenvalue weighted by atomic mass is 16.5. The van der Waals surface area contributed by atoms with Gasteiger partial charge in [0.25, 0.3) is 0 Å². The molecule has 2 unspecified atom stereocenters. The number of rotatable bonds is 67. The normalized spacial score (nSPS) is 12.8. The molecule has 0 radical (unpaired) electrons. The highest BCUT2D eigenvalue weighted by Crippen LogP contribution is 2.18. The molecule has 470 valence electrons. The summed E-state index contributed by atoms with van der Waals surface area (Å²) in [5.74, 6) is -0.0654. The molecule has 0 spiro atoms. The molecule has 0 aliphatic heterocycles. The highest BCUT2D eigenvalue weighted by molar-refractivity contribution is 5.76. The maximum atomic E-state index is 12.5. The van der Waals surface area contributed by atoms with Crippen molar-refractivity contribution in [3.63, 3.8) is 0 Å². The molecular weight excluding hydrogens is 983 g/mol. The van der Waals surface area contributed by atoms with Gasteiger partial charge in [0.15, 0.2) is 0 Å². The van der Waals surface area contributed by atoms with E-state index in [1.165, 1.54) is 308 Å². The number of ether oxygens (including phenoxy) is 1. The number of carbonyl (C=O) groups excluding carboxylic acids is 2. The van der Waals surface area contributed by atoms with Crippen LogP contribution in [0.5, 0.6) is 0 Å². The smallest absolute Gasteiger partial charge is 0.305 e. The Hall–Kier alpha value is -2.18. The van der Waals surface area contributed by atoms with E-state index in [0.29, 0.717) is 19.4 Å². The van der Waals surface area contributed by atoms with Crippen LogP contribution >= 0.6 is 0 Å². The molecule has 0 bridgehead atoms. The predicted octanol–water partition coefficient (Wildman–Crippen LogP) is 23.3. The number of amides is 1. The number of nitrogens with one attached hydrogen (secondary N) is 1. The van der Waals surface area contributed by atoms with Crippen LogP contribution in [-0.2, 0) is 14.3 Å². The Balaban J connectivity index is 3.45. The van der Waals surface area contributed by atoms with Gasteiger partial charge in [-0.05, 0) is 89.9 Å². The first-order valence-corrected chi connectivity index (χ1v) is 35.9. The summed E-state index contributed by atoms with van der Waals surface area (Å²) in [5.41, 5.74) is 0. The van der Waals surface area contributed by atoms with Crippen molar-refractivity contribution < 1.29 is 24.5 Å². The number of unbranched alkanes of at least 4 members (excludes halogenated alkanes) is 50. The predicted molar refractivity (Wildman–Crippen MR) is 352 cm³/mol. The third-order valence-corrected chi connectivity index (χ3v) is 16.6. The quantitative estimate of drug-likeness (QED) is 0.0320. The molecule has 0 aromatic carbocycles. The molecule has 6 nitrogen and oxygen atoms in total. The highest BCUT2D eigenvalue weighted by Gasteiger charge is 2.18. The van der Waals surface area contributed by atoms with Crippen LogP contribution in [0.15, 0.2) is 48.6 Å². The zero-order valence-electron chi connectivity index (χ0n) is 53.8. The van der Waals surface area contributed by atoms with Gasteiger partial charge in [0.05, 0.1) is 25.4 Å². The second-order valence-electron chi connectivity index (χ2n) is 24.6. The maximum absolute atomic E-state index is 12.5. The van der Waals surface area contributed by atoms with Crippen molar-refractivity contribution >= 4 is 11.9 Å². The van der Waals surface area contributed by atoms with Crippen molar-refractivity contribution in [2.24, 2.45) is 0 Å². The summed E-state index contributed by atoms with van der Waals surface area (Å²) in [7, 11) is 0. The monoisotopic (exact) mass is 1120 g/mol. The van der Waals surface area contributed by atoms with E-state index in [9.17, 15) is 19.8 Å². The lowest BCUT2D eigenvalue weighted by Crippen LogP contribution is -2.45. The van der Waals surface area contributed by atoms with E-state index in [2.05, 4.69) is 55.6 Å². The molecule has 2 atom stereocenters. The van der Waals surface area contributed by atoms with Crippen LogP contribution in [0.3, 0.4) is 0 Å². The number of carbonyl (C=O) groups is 2. The van der Waals surface area contributed by atoms with Gasteiger partial charge in [-0.25, -0.2) is 0 Å². The lowest BCUT2D eigenvalue weighted by molar-refractivity contribution is -0.143. The SMILES string of the molecule is CCCCCCCCC/C=C\CCCCCCCCCC(=O)OCCCCCCCCCCC/C=C\C/C=C\CCCCCCCCCCCC(=O)NC(CO)C(O)/C=C/CCCCCCCCCCCCCCCCCCCC. The maximum Gasteiger partial charge on any atom is 0.305 e. The van der Waals surface area contributed by atoms with Crippen LogP contribution in [0.1, 0.15) is 386 Å². The minimum atomic E-state index is -0.850. The van der Waals surface area contributed by atoms with Crippen LogP contribution in [0, 0.1) is 0 Å². The molecule has 0 rings (SSSR count). The second-order valence-corrected chi connectivity index (χ2v) is 24.6. The lowest BCUT2D eigenvalue weighted by atomic mass is 10.0. The lowest BCUT2D eigenvalue weighted by Gasteiger charge is -2.20. The summed E-state index contributed by atoms with van der Waals surface area (Å²) in [5, 5.41) is 23.2. The summed E-state index contributed by atoms with van der Waals surface area (Å²) >= 11 is 0. The average molecular weight is 1120 g/mol. The van der Waals surface area contributed by atoms with E-state index in [4.69, 9.17) is 4.74 Å². The Kier molecular flexibility index (Phi) is 67.4. The van der Waals surface area contributed by atoms with E-state index >= 15 is 0 Å². The van der Waals surface area contributed by atoms with Crippen LogP contribution in [-0.4, -0.2) is 47.4 Å². The molecule has 0 fully saturated rings. The molecule has 0 aliphatic rings. The molecule has 0 heterocycles. The number of hydrogen-bond donors (Lipinski definition) is 3. The first-order chi connectivity index (χ1) is 39.5. The fraction of sp³-hybridized carbons (Fsp3) is 0.865. The Labute approximate surface area is 499 Å². The molecule has 0 aromatic heterocycles. The van der Waals surface area contributed by atoms with Crippen LogP contribution < -0.4 is 5.32 Å². The van der Waals surface area contributed by atoms with Crippen LogP contribution in [0.2, 0.25) is 0 Å². The van der Waals surface area contributed by atoms with E-state index in [0.717, 1.165) is 51.4 Å². The minimum Gasteiger partial charge on any atom is -0.466 e. The summed E-state index contributed by atoms with van der Waals surface area (Å²) in [4.78, 5) is 24.6. The van der Waals surface area contributed by atoms with Gasteiger partial charge in [-0.2, -0.15) is 0 Å². The van der Waals surface area contributed by atoms with Crippen LogP contribution in [0.4, 0.5) is 0 Å². The van der Waals surface area contributed by atoms with E-state index in [-0.39, 0.29) is 18.5 Å². The van der Waals surface area contributed by atoms with E-state index in [1.807, 2.05) is 6.08 Å². The summed E-state index contributed by atoms with van der Waals surface area (Å²) in [6.07, 6.45) is 90.4. The standard InChI is InChI=1S/C74H139NO5/c1-3-5-7-9-11-13-15-17-19-21-23-31-34-38-42-46-50-54-58-62-66-72(77)71(70-76)75-73(78)67-63-59-55-51-47-43-39-35-32-29-27-25-24-26-28-30-33-37-41-45-49-53-57-61-65-69-80-74(79)68-64-60-56-52-48-44-40-36-22-20-18-16-14-12-10-8-6-4-2/h20,22,25-28,62,66,71-72,76-77H,3-19,21,23-24,29-61,63-65,67-70H2,1-2H3,(H,75,78)/b22-20-,27-25-,28-26-,66-62+. The van der Waals surface area contributed by atoms with Crippen molar-refractivity contribution in [3.05, 3.63) is 48.6 Å². The molecule has 1 amide bonds. The largest absolute Gasteiger partial charge is 0.466 e. The van der Waals surface area contributed by atoms with Gasteiger partial charge < -0.3 is 20.3 Å². The third-order valence-electron chi connectivity index (χ3n) is 16.6. The van der Waals surface area contributed by atoms with Gasteiger partial charge in [0.1, 0.15) is 0 Å². The number of esters is 1. The van der Waals surface area contributed by atoms with Crippen molar-refractivity contribution in [1.82, 2.24) is 5.32 Å². The zero-order chi connectivity index (χ0) is 57.8. The number of hydrogen-bond acceptors (Lipinski definition) is 5. The average Bonchev–Trinajstić information content (AvgIpc) is 3.46.